The fourth-order valence-corrected chi connectivity index (χ4v) is 4.18. The van der Waals surface area contributed by atoms with Crippen molar-refractivity contribution < 1.29 is 19.1 Å². The molecule has 0 N–H and O–H groups in total. The van der Waals surface area contributed by atoms with Gasteiger partial charge in [-0.25, -0.2) is 0 Å². The van der Waals surface area contributed by atoms with Gasteiger partial charge in [0.2, 0.25) is 5.78 Å². The Hall–Kier alpha value is -3.89. The molecule has 0 spiro atoms. The molecule has 0 atom stereocenters. The van der Waals surface area contributed by atoms with Crippen molar-refractivity contribution in [2.45, 2.75) is 13.8 Å². The quantitative estimate of drug-likeness (QED) is 0.285. The standard InChI is InChI=1S/C28H19ClO4/c1-16-6-3-8-18(14-16)32-23-11-5-10-20-24(23)27(31)25-21(26(20)30)12-13-22(29)28(25)33-19-9-4-7-17(2)15-19/h3-15H,1-2H3. The van der Waals surface area contributed by atoms with E-state index in [9.17, 15) is 9.59 Å². The normalized spacial score (nSPS) is 12.2. The topological polar surface area (TPSA) is 52.6 Å². The summed E-state index contributed by atoms with van der Waals surface area (Å²) in [5, 5.41) is 0.247. The van der Waals surface area contributed by atoms with Crippen LogP contribution in [0.25, 0.3) is 0 Å². The van der Waals surface area contributed by atoms with Crippen LogP contribution in [0.3, 0.4) is 0 Å². The van der Waals surface area contributed by atoms with Crippen LogP contribution in [-0.2, 0) is 0 Å². The van der Waals surface area contributed by atoms with Crippen LogP contribution < -0.4 is 9.47 Å². The van der Waals surface area contributed by atoms with Crippen LogP contribution in [0.1, 0.15) is 43.0 Å². The number of hydrogen-bond acceptors (Lipinski definition) is 4. The van der Waals surface area contributed by atoms with E-state index in [4.69, 9.17) is 21.1 Å². The molecule has 5 heteroatoms. The minimum absolute atomic E-state index is 0.141. The van der Waals surface area contributed by atoms with Gasteiger partial charge in [0.15, 0.2) is 11.5 Å². The average Bonchev–Trinajstić information content (AvgIpc) is 2.79. The van der Waals surface area contributed by atoms with E-state index in [-0.39, 0.29) is 39.0 Å². The lowest BCUT2D eigenvalue weighted by Gasteiger charge is -2.23. The van der Waals surface area contributed by atoms with Gasteiger partial charge in [0.25, 0.3) is 0 Å². The number of halogens is 1. The zero-order valence-electron chi connectivity index (χ0n) is 18.0. The maximum Gasteiger partial charge on any atom is 0.202 e. The summed E-state index contributed by atoms with van der Waals surface area (Å²) < 4.78 is 12.1. The van der Waals surface area contributed by atoms with Crippen molar-refractivity contribution in [3.63, 3.8) is 0 Å². The fourth-order valence-electron chi connectivity index (χ4n) is 3.98. The first kappa shape index (κ1) is 21.0. The van der Waals surface area contributed by atoms with Crippen molar-refractivity contribution >= 4 is 23.2 Å². The molecule has 0 amide bonds. The van der Waals surface area contributed by atoms with Crippen molar-refractivity contribution in [3.05, 3.63) is 117 Å². The Morgan fingerprint density at radius 1 is 0.636 bits per heavy atom. The van der Waals surface area contributed by atoms with Gasteiger partial charge in [-0.2, -0.15) is 0 Å². The maximum atomic E-state index is 13.8. The predicted octanol–water partition coefficient (Wildman–Crippen LogP) is 7.32. The van der Waals surface area contributed by atoms with Gasteiger partial charge in [0.1, 0.15) is 17.2 Å². The number of aryl methyl sites for hydroxylation is 2. The second-order valence-electron chi connectivity index (χ2n) is 7.97. The smallest absolute Gasteiger partial charge is 0.202 e. The molecule has 0 bridgehead atoms. The van der Waals surface area contributed by atoms with E-state index < -0.39 is 0 Å². The molecule has 0 saturated heterocycles. The Bertz CT molecular complexity index is 1440. The molecule has 1 aliphatic carbocycles. The lowest BCUT2D eigenvalue weighted by atomic mass is 9.83. The van der Waals surface area contributed by atoms with Crippen LogP contribution in [0.15, 0.2) is 78.9 Å². The van der Waals surface area contributed by atoms with Gasteiger partial charge in [-0.05, 0) is 67.4 Å². The molecule has 1 aliphatic rings. The van der Waals surface area contributed by atoms with E-state index in [0.717, 1.165) is 11.1 Å². The predicted molar refractivity (Wildman–Crippen MR) is 127 cm³/mol. The molecular weight excluding hydrogens is 436 g/mol. The molecule has 0 unspecified atom stereocenters. The van der Waals surface area contributed by atoms with Crippen LogP contribution in [0.2, 0.25) is 5.02 Å². The van der Waals surface area contributed by atoms with E-state index in [0.29, 0.717) is 22.8 Å². The highest BCUT2D eigenvalue weighted by Crippen LogP contribution is 2.43. The monoisotopic (exact) mass is 454 g/mol. The lowest BCUT2D eigenvalue weighted by Crippen LogP contribution is -2.22. The number of ether oxygens (including phenoxy) is 2. The first-order valence-electron chi connectivity index (χ1n) is 10.5. The number of rotatable bonds is 4. The summed E-state index contributed by atoms with van der Waals surface area (Å²) in [5.74, 6) is 0.933. The van der Waals surface area contributed by atoms with Crippen LogP contribution >= 0.6 is 11.6 Å². The highest BCUT2D eigenvalue weighted by atomic mass is 35.5. The summed E-state index contributed by atoms with van der Waals surface area (Å²) in [6, 6.07) is 23.1. The van der Waals surface area contributed by atoms with E-state index >= 15 is 0 Å². The molecule has 0 aliphatic heterocycles. The van der Waals surface area contributed by atoms with Crippen LogP contribution in [-0.4, -0.2) is 11.6 Å². The second kappa shape index (κ2) is 8.23. The number of ketones is 2. The fraction of sp³-hybridized carbons (Fsp3) is 0.0714. The molecule has 4 aromatic carbocycles. The third kappa shape index (κ3) is 3.79. The summed E-state index contributed by atoms with van der Waals surface area (Å²) in [6.07, 6.45) is 0. The number of benzene rings is 4. The number of carbonyl (C=O) groups is 2. The van der Waals surface area contributed by atoms with E-state index in [1.54, 1.807) is 42.5 Å². The molecule has 0 fully saturated rings. The van der Waals surface area contributed by atoms with Crippen molar-refractivity contribution in [3.8, 4) is 23.0 Å². The summed E-state index contributed by atoms with van der Waals surface area (Å²) in [4.78, 5) is 27.2. The lowest BCUT2D eigenvalue weighted by molar-refractivity contribution is 0.0975. The van der Waals surface area contributed by atoms with Crippen LogP contribution in [0, 0.1) is 13.8 Å². The largest absolute Gasteiger partial charge is 0.457 e. The molecule has 33 heavy (non-hydrogen) atoms. The van der Waals surface area contributed by atoms with Crippen molar-refractivity contribution in [2.75, 3.05) is 0 Å². The second-order valence-corrected chi connectivity index (χ2v) is 8.38. The zero-order chi connectivity index (χ0) is 23.1. The Balaban J connectivity index is 1.64. The SMILES string of the molecule is Cc1cccc(Oc2cccc3c2C(=O)c2c(ccc(Cl)c2Oc2cccc(C)c2)C3=O)c1. The van der Waals surface area contributed by atoms with Crippen molar-refractivity contribution in [1.82, 2.24) is 0 Å². The van der Waals surface area contributed by atoms with Gasteiger partial charge in [-0.1, -0.05) is 48.0 Å². The molecule has 0 aromatic heterocycles. The van der Waals surface area contributed by atoms with Crippen molar-refractivity contribution in [1.29, 1.82) is 0 Å². The molecule has 0 heterocycles. The molecule has 0 radical (unpaired) electrons. The molecule has 0 saturated carbocycles. The van der Waals surface area contributed by atoms with E-state index in [1.807, 2.05) is 50.2 Å². The van der Waals surface area contributed by atoms with Gasteiger partial charge < -0.3 is 9.47 Å². The number of carbonyl (C=O) groups excluding carboxylic acids is 2. The number of hydrogen-bond donors (Lipinski definition) is 0. The summed E-state index contributed by atoms with van der Waals surface area (Å²) in [5.41, 5.74) is 2.91. The first-order valence-corrected chi connectivity index (χ1v) is 10.8. The average molecular weight is 455 g/mol. The Kier molecular flexibility index (Phi) is 5.23. The van der Waals surface area contributed by atoms with Gasteiger partial charge in [-0.15, -0.1) is 0 Å². The zero-order valence-corrected chi connectivity index (χ0v) is 18.8. The summed E-state index contributed by atoms with van der Waals surface area (Å²) in [7, 11) is 0. The Labute approximate surface area is 196 Å². The Morgan fingerprint density at radius 2 is 1.24 bits per heavy atom. The maximum absolute atomic E-state index is 13.8. The molecule has 162 valence electrons. The van der Waals surface area contributed by atoms with Crippen LogP contribution in [0.4, 0.5) is 0 Å². The van der Waals surface area contributed by atoms with Gasteiger partial charge in [0, 0.05) is 11.1 Å². The van der Waals surface area contributed by atoms with Gasteiger partial charge >= 0.3 is 0 Å². The highest BCUT2D eigenvalue weighted by Gasteiger charge is 2.36. The third-order valence-corrected chi connectivity index (χ3v) is 5.80. The van der Waals surface area contributed by atoms with Crippen molar-refractivity contribution in [2.24, 2.45) is 0 Å². The van der Waals surface area contributed by atoms with Gasteiger partial charge in [-0.3, -0.25) is 9.59 Å². The summed E-state index contributed by atoms with van der Waals surface area (Å²) >= 11 is 6.46. The summed E-state index contributed by atoms with van der Waals surface area (Å²) in [6.45, 7) is 3.89. The highest BCUT2D eigenvalue weighted by molar-refractivity contribution is 6.36. The molecular formula is C28H19ClO4. The molecule has 4 nitrogen and oxygen atoms in total. The van der Waals surface area contributed by atoms with E-state index in [2.05, 4.69) is 0 Å². The third-order valence-electron chi connectivity index (χ3n) is 5.51. The number of fused-ring (bicyclic) bond motifs is 2. The minimum atomic E-state index is -0.368. The minimum Gasteiger partial charge on any atom is -0.457 e. The molecule has 5 rings (SSSR count). The van der Waals surface area contributed by atoms with Gasteiger partial charge in [0.05, 0.1) is 16.1 Å². The van der Waals surface area contributed by atoms with Crippen LogP contribution in [0.5, 0.6) is 23.0 Å². The first-order chi connectivity index (χ1) is 15.9. The molecule has 4 aromatic rings. The van der Waals surface area contributed by atoms with E-state index in [1.165, 1.54) is 0 Å². The Morgan fingerprint density at radius 3 is 1.91 bits per heavy atom.